The molecule has 0 aromatic heterocycles. The Kier molecular flexibility index (Phi) is 11.8. The van der Waals surface area contributed by atoms with Crippen molar-refractivity contribution >= 4 is 0 Å². The molecule has 2 N–H and O–H groups in total. The maximum Gasteiger partial charge on any atom is 0.0307 e. The largest absolute Gasteiger partial charge is 0.318 e. The molecule has 2 heteroatoms. The van der Waals surface area contributed by atoms with Crippen LogP contribution in [0.15, 0.2) is 0 Å². The normalized spacial score (nSPS) is 16.2. The van der Waals surface area contributed by atoms with Crippen LogP contribution in [0.3, 0.4) is 0 Å². The maximum absolute atomic E-state index is 3.47. The van der Waals surface area contributed by atoms with Crippen LogP contribution in [-0.4, -0.2) is 25.7 Å². The highest BCUT2D eigenvalue weighted by atomic mass is 15.1. The van der Waals surface area contributed by atoms with Crippen molar-refractivity contribution in [1.29, 1.82) is 0 Å². The zero-order chi connectivity index (χ0) is 10.7. The Bertz CT molecular complexity index is 80.1. The van der Waals surface area contributed by atoms with Gasteiger partial charge in [-0.3, -0.25) is 0 Å². The summed E-state index contributed by atoms with van der Waals surface area (Å²) in [4.78, 5) is 0. The Morgan fingerprint density at radius 1 is 1.08 bits per heavy atom. The molecule has 0 radical (unpaired) electrons. The third kappa shape index (κ3) is 7.03. The Morgan fingerprint density at radius 2 is 1.54 bits per heavy atom. The molecule has 0 atom stereocenters. The topological polar surface area (TPSA) is 24.1 Å². The zero-order valence-electron chi connectivity index (χ0n) is 10.3. The van der Waals surface area contributed by atoms with Gasteiger partial charge >= 0.3 is 0 Å². The molecule has 0 heterocycles. The maximum atomic E-state index is 3.47. The van der Waals surface area contributed by atoms with E-state index in [0.717, 1.165) is 13.1 Å². The van der Waals surface area contributed by atoms with Gasteiger partial charge in [0.1, 0.15) is 0 Å². The van der Waals surface area contributed by atoms with Gasteiger partial charge in [-0.05, 0) is 26.4 Å². The van der Waals surface area contributed by atoms with Gasteiger partial charge in [0, 0.05) is 12.1 Å². The van der Waals surface area contributed by atoms with Crippen molar-refractivity contribution < 1.29 is 0 Å². The number of likely N-dealkylation sites (N-methyl/N-ethyl adjacent to an activating group) is 2. The highest BCUT2D eigenvalue weighted by Gasteiger charge is 2.40. The summed E-state index contributed by atoms with van der Waals surface area (Å²) in [6.45, 7) is 12.4. The van der Waals surface area contributed by atoms with Gasteiger partial charge in [0.2, 0.25) is 0 Å². The second kappa shape index (κ2) is 10.0. The molecule has 0 saturated heterocycles. The first-order valence-electron chi connectivity index (χ1n) is 5.72. The van der Waals surface area contributed by atoms with Crippen LogP contribution in [0.25, 0.3) is 0 Å². The lowest BCUT2D eigenvalue weighted by Crippen LogP contribution is -2.39. The van der Waals surface area contributed by atoms with E-state index in [9.17, 15) is 0 Å². The Labute approximate surface area is 84.5 Å². The van der Waals surface area contributed by atoms with E-state index in [0.29, 0.717) is 5.54 Å². The molecule has 0 aliphatic heterocycles. The summed E-state index contributed by atoms with van der Waals surface area (Å²) in [5, 5.41) is 6.66. The average molecular weight is 188 g/mol. The van der Waals surface area contributed by atoms with Crippen LogP contribution in [0.5, 0.6) is 0 Å². The highest BCUT2D eigenvalue weighted by molar-refractivity contribution is 5.02. The van der Waals surface area contributed by atoms with Gasteiger partial charge in [-0.15, -0.1) is 0 Å². The second-order valence-electron chi connectivity index (χ2n) is 2.84. The molecule has 1 aliphatic rings. The molecule has 13 heavy (non-hydrogen) atoms. The smallest absolute Gasteiger partial charge is 0.0307 e. The molecule has 82 valence electrons. The van der Waals surface area contributed by atoms with Crippen LogP contribution in [0.2, 0.25) is 0 Å². The van der Waals surface area contributed by atoms with E-state index in [1.165, 1.54) is 12.8 Å². The third-order valence-corrected chi connectivity index (χ3v) is 1.92. The standard InChI is InChI=1S/C7H16N2.2C2H6/c1-3-9-7(4-5-7)6-8-2;2*1-2/h8-9H,3-6H2,1-2H3;2*1-2H3. The summed E-state index contributed by atoms with van der Waals surface area (Å²) in [6, 6.07) is 0. The molecule has 0 bridgehead atoms. The van der Waals surface area contributed by atoms with Gasteiger partial charge in [0.25, 0.3) is 0 Å². The second-order valence-corrected chi connectivity index (χ2v) is 2.84. The first-order chi connectivity index (χ1) is 6.33. The molecule has 1 fully saturated rings. The molecule has 1 aliphatic carbocycles. The predicted octanol–water partition coefficient (Wildman–Crippen LogP) is 2.40. The lowest BCUT2D eigenvalue weighted by atomic mass is 10.3. The van der Waals surface area contributed by atoms with E-state index in [-0.39, 0.29) is 0 Å². The first-order valence-corrected chi connectivity index (χ1v) is 5.72. The lowest BCUT2D eigenvalue weighted by Gasteiger charge is -2.14. The summed E-state index contributed by atoms with van der Waals surface area (Å²) >= 11 is 0. The molecule has 1 saturated carbocycles. The minimum absolute atomic E-state index is 0.490. The number of hydrogen-bond donors (Lipinski definition) is 2. The fourth-order valence-corrected chi connectivity index (χ4v) is 1.28. The molecule has 0 spiro atoms. The van der Waals surface area contributed by atoms with Crippen LogP contribution in [-0.2, 0) is 0 Å². The summed E-state index contributed by atoms with van der Waals surface area (Å²) in [5.41, 5.74) is 0.490. The van der Waals surface area contributed by atoms with E-state index in [1.54, 1.807) is 0 Å². The Morgan fingerprint density at radius 3 is 1.77 bits per heavy atom. The SMILES string of the molecule is CC.CC.CCNC1(CNC)CC1. The van der Waals surface area contributed by atoms with Crippen molar-refractivity contribution in [3.05, 3.63) is 0 Å². The zero-order valence-corrected chi connectivity index (χ0v) is 10.3. The van der Waals surface area contributed by atoms with E-state index in [1.807, 2.05) is 34.7 Å². The van der Waals surface area contributed by atoms with Crippen molar-refractivity contribution in [3.63, 3.8) is 0 Å². The van der Waals surface area contributed by atoms with E-state index in [4.69, 9.17) is 0 Å². The van der Waals surface area contributed by atoms with E-state index < -0.39 is 0 Å². The first kappa shape index (κ1) is 15.4. The van der Waals surface area contributed by atoms with Crippen molar-refractivity contribution in [1.82, 2.24) is 10.6 Å². The molecule has 0 unspecified atom stereocenters. The lowest BCUT2D eigenvalue weighted by molar-refractivity contribution is 0.490. The van der Waals surface area contributed by atoms with E-state index >= 15 is 0 Å². The van der Waals surface area contributed by atoms with Gasteiger partial charge in [-0.2, -0.15) is 0 Å². The molecule has 0 amide bonds. The molecule has 0 aromatic rings. The Hall–Kier alpha value is -0.0800. The van der Waals surface area contributed by atoms with Gasteiger partial charge in [-0.25, -0.2) is 0 Å². The van der Waals surface area contributed by atoms with Crippen LogP contribution in [0.1, 0.15) is 47.5 Å². The van der Waals surface area contributed by atoms with Gasteiger partial charge in [-0.1, -0.05) is 34.6 Å². The van der Waals surface area contributed by atoms with Crippen molar-refractivity contribution in [2.45, 2.75) is 53.0 Å². The predicted molar refractivity (Wildman–Crippen MR) is 62.3 cm³/mol. The van der Waals surface area contributed by atoms with Crippen LogP contribution < -0.4 is 10.6 Å². The number of hydrogen-bond acceptors (Lipinski definition) is 2. The quantitative estimate of drug-likeness (QED) is 0.708. The monoisotopic (exact) mass is 188 g/mol. The van der Waals surface area contributed by atoms with E-state index in [2.05, 4.69) is 17.6 Å². The minimum atomic E-state index is 0.490. The molecular weight excluding hydrogens is 160 g/mol. The molecule has 1 rings (SSSR count). The van der Waals surface area contributed by atoms with Crippen molar-refractivity contribution in [3.8, 4) is 0 Å². The van der Waals surface area contributed by atoms with Crippen molar-refractivity contribution in [2.24, 2.45) is 0 Å². The fourth-order valence-electron chi connectivity index (χ4n) is 1.28. The fraction of sp³-hybridized carbons (Fsp3) is 1.00. The van der Waals surface area contributed by atoms with Gasteiger partial charge in [0.05, 0.1) is 0 Å². The van der Waals surface area contributed by atoms with Crippen molar-refractivity contribution in [2.75, 3.05) is 20.1 Å². The van der Waals surface area contributed by atoms with Crippen LogP contribution in [0.4, 0.5) is 0 Å². The Balaban J connectivity index is 0. The summed E-state index contributed by atoms with van der Waals surface area (Å²) < 4.78 is 0. The van der Waals surface area contributed by atoms with Crippen LogP contribution >= 0.6 is 0 Å². The number of rotatable bonds is 4. The minimum Gasteiger partial charge on any atom is -0.318 e. The average Bonchev–Trinajstić information content (AvgIpc) is 2.93. The molecule has 2 nitrogen and oxygen atoms in total. The van der Waals surface area contributed by atoms with Gasteiger partial charge in [0.15, 0.2) is 0 Å². The molecule has 0 aromatic carbocycles. The number of nitrogens with one attached hydrogen (secondary N) is 2. The summed E-state index contributed by atoms with van der Waals surface area (Å²) in [7, 11) is 2.01. The van der Waals surface area contributed by atoms with Crippen LogP contribution in [0, 0.1) is 0 Å². The molecular formula is C11H28N2. The third-order valence-electron chi connectivity index (χ3n) is 1.92. The summed E-state index contributed by atoms with van der Waals surface area (Å²) in [6.07, 6.45) is 2.70. The summed E-state index contributed by atoms with van der Waals surface area (Å²) in [5.74, 6) is 0. The highest BCUT2D eigenvalue weighted by Crippen LogP contribution is 2.33. The van der Waals surface area contributed by atoms with Gasteiger partial charge < -0.3 is 10.6 Å².